The molecule has 106 valence electrons. The van der Waals surface area contributed by atoms with Gasteiger partial charge in [0, 0.05) is 13.1 Å². The number of rotatable bonds is 4. The van der Waals surface area contributed by atoms with E-state index < -0.39 is 0 Å². The number of nitrogens with two attached hydrogens (primary N) is 1. The van der Waals surface area contributed by atoms with E-state index >= 15 is 0 Å². The van der Waals surface area contributed by atoms with Crippen LogP contribution in [-0.2, 0) is 0 Å². The molecule has 19 heavy (non-hydrogen) atoms. The summed E-state index contributed by atoms with van der Waals surface area (Å²) >= 11 is 1.22. The molecule has 0 aromatic carbocycles. The van der Waals surface area contributed by atoms with Gasteiger partial charge in [-0.3, -0.25) is 4.79 Å². The number of hydrogen-bond donors (Lipinski definition) is 1. The van der Waals surface area contributed by atoms with Crippen LogP contribution < -0.4 is 5.73 Å². The van der Waals surface area contributed by atoms with E-state index in [2.05, 4.69) is 9.59 Å². The monoisotopic (exact) mass is 282 g/mol. The molecule has 0 bridgehead atoms. The summed E-state index contributed by atoms with van der Waals surface area (Å²) in [5, 5.41) is 4.08. The maximum absolute atomic E-state index is 12.5. The summed E-state index contributed by atoms with van der Waals surface area (Å²) in [4.78, 5) is 15.1. The average molecular weight is 282 g/mol. The molecular formula is C13H22N4OS. The zero-order chi connectivity index (χ0) is 13.8. The first-order valence-electron chi connectivity index (χ1n) is 6.95. The van der Waals surface area contributed by atoms with Gasteiger partial charge in [-0.2, -0.15) is 0 Å². The lowest BCUT2D eigenvalue weighted by atomic mass is 9.93. The molecule has 0 radical (unpaired) electrons. The highest BCUT2D eigenvalue weighted by Gasteiger charge is 2.27. The lowest BCUT2D eigenvalue weighted by molar-refractivity contribution is 0.0691. The number of carbonyl (C=O) groups is 1. The molecule has 1 saturated heterocycles. The Hall–Kier alpha value is -1.01. The summed E-state index contributed by atoms with van der Waals surface area (Å²) < 4.78 is 3.93. The van der Waals surface area contributed by atoms with Crippen molar-refractivity contribution in [2.45, 2.75) is 39.0 Å². The normalized spacial score (nSPS) is 17.2. The maximum Gasteiger partial charge on any atom is 0.267 e. The van der Waals surface area contributed by atoms with Gasteiger partial charge in [-0.25, -0.2) is 0 Å². The van der Waals surface area contributed by atoms with E-state index in [1.807, 2.05) is 18.7 Å². The van der Waals surface area contributed by atoms with Gasteiger partial charge in [0.15, 0.2) is 0 Å². The van der Waals surface area contributed by atoms with Crippen molar-refractivity contribution in [3.63, 3.8) is 0 Å². The highest BCUT2D eigenvalue weighted by molar-refractivity contribution is 7.08. The van der Waals surface area contributed by atoms with E-state index in [0.29, 0.717) is 10.8 Å². The Balaban J connectivity index is 1.99. The van der Waals surface area contributed by atoms with Gasteiger partial charge < -0.3 is 10.6 Å². The fourth-order valence-electron chi connectivity index (χ4n) is 2.53. The van der Waals surface area contributed by atoms with Crippen LogP contribution in [0.15, 0.2) is 0 Å². The third-order valence-electron chi connectivity index (χ3n) is 3.73. The van der Waals surface area contributed by atoms with Crippen molar-refractivity contribution >= 4 is 17.4 Å². The molecule has 0 unspecified atom stereocenters. The standard InChI is InChI=1S/C13H22N4OS/c1-9(2)11-12(19-16-15-11)13(18)17-7-4-10(3-6-14)5-8-17/h9-10H,3-8,14H2,1-2H3. The Kier molecular flexibility index (Phi) is 4.87. The fourth-order valence-corrected chi connectivity index (χ4v) is 3.32. The third kappa shape index (κ3) is 3.30. The van der Waals surface area contributed by atoms with Gasteiger partial charge >= 0.3 is 0 Å². The predicted octanol–water partition coefficient (Wildman–Crippen LogP) is 1.86. The van der Waals surface area contributed by atoms with Crippen LogP contribution in [-0.4, -0.2) is 40.0 Å². The molecule has 2 heterocycles. The second-order valence-corrected chi connectivity index (χ2v) is 6.21. The minimum atomic E-state index is 0.102. The predicted molar refractivity (Wildman–Crippen MR) is 76.3 cm³/mol. The molecule has 2 rings (SSSR count). The molecule has 2 N–H and O–H groups in total. The Morgan fingerprint density at radius 2 is 2.16 bits per heavy atom. The zero-order valence-electron chi connectivity index (χ0n) is 11.6. The van der Waals surface area contributed by atoms with E-state index in [9.17, 15) is 4.79 Å². The number of hydrogen-bond acceptors (Lipinski definition) is 5. The van der Waals surface area contributed by atoms with Crippen LogP contribution in [0.3, 0.4) is 0 Å². The molecule has 1 amide bonds. The highest BCUT2D eigenvalue weighted by atomic mass is 32.1. The molecule has 1 aromatic rings. The van der Waals surface area contributed by atoms with Crippen LogP contribution in [0.2, 0.25) is 0 Å². The summed E-state index contributed by atoms with van der Waals surface area (Å²) in [6, 6.07) is 0. The molecular weight excluding hydrogens is 260 g/mol. The van der Waals surface area contributed by atoms with Crippen LogP contribution in [0.25, 0.3) is 0 Å². The molecule has 0 atom stereocenters. The highest BCUT2D eigenvalue weighted by Crippen LogP contribution is 2.25. The zero-order valence-corrected chi connectivity index (χ0v) is 12.4. The number of nitrogens with zero attached hydrogens (tertiary/aromatic N) is 3. The average Bonchev–Trinajstić information content (AvgIpc) is 2.88. The van der Waals surface area contributed by atoms with Crippen LogP contribution >= 0.6 is 11.5 Å². The van der Waals surface area contributed by atoms with E-state index in [1.165, 1.54) is 11.5 Å². The number of aromatic nitrogens is 2. The van der Waals surface area contributed by atoms with Gasteiger partial charge in [0.25, 0.3) is 5.91 Å². The maximum atomic E-state index is 12.5. The summed E-state index contributed by atoms with van der Waals surface area (Å²) in [7, 11) is 0. The van der Waals surface area contributed by atoms with Gasteiger partial charge in [-0.15, -0.1) is 5.10 Å². The molecule has 0 spiro atoms. The first-order chi connectivity index (χ1) is 9.13. The second-order valence-electron chi connectivity index (χ2n) is 5.45. The van der Waals surface area contributed by atoms with E-state index in [0.717, 1.165) is 44.6 Å². The summed E-state index contributed by atoms with van der Waals surface area (Å²) in [5.41, 5.74) is 6.42. The van der Waals surface area contributed by atoms with E-state index in [1.54, 1.807) is 0 Å². The summed E-state index contributed by atoms with van der Waals surface area (Å²) in [6.45, 7) is 6.49. The van der Waals surface area contributed by atoms with Gasteiger partial charge in [-0.1, -0.05) is 18.3 Å². The van der Waals surface area contributed by atoms with Crippen LogP contribution in [0.5, 0.6) is 0 Å². The molecule has 5 nitrogen and oxygen atoms in total. The van der Waals surface area contributed by atoms with Crippen LogP contribution in [0, 0.1) is 5.92 Å². The van der Waals surface area contributed by atoms with Crippen molar-refractivity contribution in [2.75, 3.05) is 19.6 Å². The van der Waals surface area contributed by atoms with Gasteiger partial charge in [-0.05, 0) is 49.2 Å². The Morgan fingerprint density at radius 3 is 2.74 bits per heavy atom. The van der Waals surface area contributed by atoms with Crippen molar-refractivity contribution in [3.8, 4) is 0 Å². The largest absolute Gasteiger partial charge is 0.338 e. The first-order valence-corrected chi connectivity index (χ1v) is 7.72. The number of piperidine rings is 1. The van der Waals surface area contributed by atoms with Crippen molar-refractivity contribution < 1.29 is 4.79 Å². The molecule has 1 aliphatic heterocycles. The molecule has 1 fully saturated rings. The van der Waals surface area contributed by atoms with Crippen LogP contribution in [0.4, 0.5) is 0 Å². The molecule has 0 saturated carbocycles. The molecule has 6 heteroatoms. The van der Waals surface area contributed by atoms with Crippen molar-refractivity contribution in [1.82, 2.24) is 14.5 Å². The Bertz CT molecular complexity index is 424. The van der Waals surface area contributed by atoms with Crippen molar-refractivity contribution in [1.29, 1.82) is 0 Å². The first kappa shape index (κ1) is 14.4. The third-order valence-corrected chi connectivity index (χ3v) is 4.46. The van der Waals surface area contributed by atoms with E-state index in [4.69, 9.17) is 5.73 Å². The Labute approximate surface area is 118 Å². The lowest BCUT2D eigenvalue weighted by Gasteiger charge is -2.31. The van der Waals surface area contributed by atoms with Crippen molar-refractivity contribution in [2.24, 2.45) is 11.7 Å². The van der Waals surface area contributed by atoms with E-state index in [-0.39, 0.29) is 11.8 Å². The summed E-state index contributed by atoms with van der Waals surface area (Å²) in [5.74, 6) is 1.02. The fraction of sp³-hybridized carbons (Fsp3) is 0.769. The Morgan fingerprint density at radius 1 is 1.47 bits per heavy atom. The van der Waals surface area contributed by atoms with Crippen molar-refractivity contribution in [3.05, 3.63) is 10.6 Å². The molecule has 1 aromatic heterocycles. The number of amides is 1. The SMILES string of the molecule is CC(C)c1nnsc1C(=O)N1CCC(CCN)CC1. The minimum Gasteiger partial charge on any atom is -0.338 e. The smallest absolute Gasteiger partial charge is 0.267 e. The quantitative estimate of drug-likeness (QED) is 0.915. The number of likely N-dealkylation sites (tertiary alicyclic amines) is 1. The summed E-state index contributed by atoms with van der Waals surface area (Å²) in [6.07, 6.45) is 3.19. The topological polar surface area (TPSA) is 72.1 Å². The number of carbonyl (C=O) groups excluding carboxylic acids is 1. The molecule has 0 aliphatic carbocycles. The second kappa shape index (κ2) is 6.43. The van der Waals surface area contributed by atoms with Gasteiger partial charge in [0.1, 0.15) is 4.88 Å². The van der Waals surface area contributed by atoms with Crippen LogP contribution in [0.1, 0.15) is 54.4 Å². The van der Waals surface area contributed by atoms with Gasteiger partial charge in [0.2, 0.25) is 0 Å². The lowest BCUT2D eigenvalue weighted by Crippen LogP contribution is -2.38. The van der Waals surface area contributed by atoms with Gasteiger partial charge in [0.05, 0.1) is 5.69 Å². The molecule has 1 aliphatic rings. The minimum absolute atomic E-state index is 0.102.